The lowest BCUT2D eigenvalue weighted by Gasteiger charge is -2.00. The van der Waals surface area contributed by atoms with Crippen LogP contribution in [-0.2, 0) is 11.5 Å². The number of rotatable bonds is 6. The summed E-state index contributed by atoms with van der Waals surface area (Å²) in [5.74, 6) is 4.20. The van der Waals surface area contributed by atoms with Crippen LogP contribution in [0.5, 0.6) is 0 Å². The van der Waals surface area contributed by atoms with E-state index in [0.717, 1.165) is 28.7 Å². The fraction of sp³-hybridized carbons (Fsp3) is 0.125. The molecule has 0 amide bonds. The molecule has 3 nitrogen and oxygen atoms in total. The Morgan fingerprint density at radius 3 is 2.52 bits per heavy atom. The van der Waals surface area contributed by atoms with Gasteiger partial charge in [0, 0.05) is 9.64 Å². The molecule has 2 heterocycles. The number of benzene rings is 1. The summed E-state index contributed by atoms with van der Waals surface area (Å²) >= 11 is 4.03. The molecule has 0 N–H and O–H groups in total. The van der Waals surface area contributed by atoms with E-state index in [1.54, 1.807) is 18.0 Å². The first-order chi connectivity index (χ1) is 10.3. The smallest absolute Gasteiger partial charge is 0.219 e. The SMILES string of the molecule is Ic1ccc([N]c2ccc(CSCc3ccco3)o2)cc1. The molecule has 2 aromatic heterocycles. The van der Waals surface area contributed by atoms with Crippen LogP contribution in [0.25, 0.3) is 0 Å². The number of nitrogens with zero attached hydrogens (tertiary/aromatic N) is 1. The highest BCUT2D eigenvalue weighted by Gasteiger charge is 2.05. The molecule has 0 aliphatic carbocycles. The zero-order chi connectivity index (χ0) is 14.5. The summed E-state index contributed by atoms with van der Waals surface area (Å²) in [5, 5.41) is 4.46. The molecule has 3 aromatic rings. The highest BCUT2D eigenvalue weighted by molar-refractivity contribution is 14.1. The summed E-state index contributed by atoms with van der Waals surface area (Å²) in [6, 6.07) is 15.8. The molecule has 0 unspecified atom stereocenters. The van der Waals surface area contributed by atoms with Crippen molar-refractivity contribution in [3.8, 4) is 0 Å². The second-order valence-corrected chi connectivity index (χ2v) is 6.63. The Kier molecular flexibility index (Phi) is 4.92. The molecule has 1 radical (unpaired) electrons. The maximum absolute atomic E-state index is 5.72. The van der Waals surface area contributed by atoms with E-state index < -0.39 is 0 Å². The van der Waals surface area contributed by atoms with Crippen LogP contribution in [0, 0.1) is 3.57 Å². The average Bonchev–Trinajstić information content (AvgIpc) is 3.14. The van der Waals surface area contributed by atoms with Gasteiger partial charge in [0.1, 0.15) is 11.5 Å². The molecule has 3 rings (SSSR count). The summed E-state index contributed by atoms with van der Waals surface area (Å²) in [4.78, 5) is 0. The highest BCUT2D eigenvalue weighted by atomic mass is 127. The maximum atomic E-state index is 5.72. The van der Waals surface area contributed by atoms with Crippen molar-refractivity contribution in [2.75, 3.05) is 0 Å². The Morgan fingerprint density at radius 2 is 1.76 bits per heavy atom. The van der Waals surface area contributed by atoms with Crippen molar-refractivity contribution in [1.29, 1.82) is 0 Å². The van der Waals surface area contributed by atoms with Crippen molar-refractivity contribution < 1.29 is 8.83 Å². The first-order valence-electron chi connectivity index (χ1n) is 6.46. The third-order valence-electron chi connectivity index (χ3n) is 2.78. The van der Waals surface area contributed by atoms with Crippen LogP contribution >= 0.6 is 34.4 Å². The van der Waals surface area contributed by atoms with Gasteiger partial charge in [-0.2, -0.15) is 0 Å². The molecule has 107 valence electrons. The Hall–Kier alpha value is -1.34. The molecule has 0 aliphatic rings. The zero-order valence-electron chi connectivity index (χ0n) is 11.2. The number of halogens is 1. The van der Waals surface area contributed by atoms with E-state index in [9.17, 15) is 0 Å². The van der Waals surface area contributed by atoms with Crippen molar-refractivity contribution in [3.05, 3.63) is 69.9 Å². The molecular formula is C16H13INO2S. The lowest BCUT2D eigenvalue weighted by atomic mass is 10.3. The molecule has 0 saturated heterocycles. The van der Waals surface area contributed by atoms with Gasteiger partial charge in [-0.15, -0.1) is 11.8 Å². The number of thioether (sulfide) groups is 1. The predicted octanol–water partition coefficient (Wildman–Crippen LogP) is 5.48. The molecule has 1 aromatic carbocycles. The van der Waals surface area contributed by atoms with Gasteiger partial charge in [-0.05, 0) is 65.1 Å². The number of hydrogen-bond donors (Lipinski definition) is 0. The quantitative estimate of drug-likeness (QED) is 0.506. The van der Waals surface area contributed by atoms with Crippen molar-refractivity contribution in [2.24, 2.45) is 0 Å². The molecule has 21 heavy (non-hydrogen) atoms. The van der Waals surface area contributed by atoms with Crippen LogP contribution < -0.4 is 5.32 Å². The van der Waals surface area contributed by atoms with Crippen molar-refractivity contribution in [3.63, 3.8) is 0 Å². The van der Waals surface area contributed by atoms with Crippen LogP contribution in [0.1, 0.15) is 11.5 Å². The molecule has 0 spiro atoms. The largest absolute Gasteiger partial charge is 0.468 e. The highest BCUT2D eigenvalue weighted by Crippen LogP contribution is 2.24. The van der Waals surface area contributed by atoms with Crippen molar-refractivity contribution >= 4 is 45.9 Å². The molecule has 0 aliphatic heterocycles. The van der Waals surface area contributed by atoms with Gasteiger partial charge in [-0.3, -0.25) is 0 Å². The zero-order valence-corrected chi connectivity index (χ0v) is 14.1. The van der Waals surface area contributed by atoms with E-state index in [-0.39, 0.29) is 0 Å². The summed E-state index contributed by atoms with van der Waals surface area (Å²) in [6.07, 6.45) is 1.70. The Labute approximate surface area is 141 Å². The van der Waals surface area contributed by atoms with E-state index in [2.05, 4.69) is 27.9 Å². The standard InChI is InChI=1S/C16H13INO2S/c17-12-3-5-13(6-4-12)18-16-8-7-15(20-16)11-21-10-14-2-1-9-19-14/h1-9H,10-11H2. The van der Waals surface area contributed by atoms with E-state index in [1.807, 2.05) is 48.5 Å². The van der Waals surface area contributed by atoms with Gasteiger partial charge >= 0.3 is 0 Å². The fourth-order valence-corrected chi connectivity index (χ4v) is 2.98. The third-order valence-corrected chi connectivity index (χ3v) is 4.48. The van der Waals surface area contributed by atoms with Crippen LogP contribution in [0.3, 0.4) is 0 Å². The molecule has 0 bridgehead atoms. The van der Waals surface area contributed by atoms with E-state index >= 15 is 0 Å². The first kappa shape index (κ1) is 14.6. The van der Waals surface area contributed by atoms with Gasteiger partial charge < -0.3 is 8.83 Å². The topological polar surface area (TPSA) is 40.4 Å². The van der Waals surface area contributed by atoms with Crippen LogP contribution in [0.2, 0.25) is 0 Å². The van der Waals surface area contributed by atoms with Gasteiger partial charge in [0.25, 0.3) is 0 Å². The van der Waals surface area contributed by atoms with E-state index in [4.69, 9.17) is 8.83 Å². The van der Waals surface area contributed by atoms with Gasteiger partial charge in [-0.1, -0.05) is 0 Å². The van der Waals surface area contributed by atoms with Crippen molar-refractivity contribution in [1.82, 2.24) is 5.32 Å². The van der Waals surface area contributed by atoms with Gasteiger partial charge in [0.05, 0.1) is 23.5 Å². The first-order valence-corrected chi connectivity index (χ1v) is 8.69. The second-order valence-electron chi connectivity index (χ2n) is 4.40. The lowest BCUT2D eigenvalue weighted by molar-refractivity contribution is 0.523. The summed E-state index contributed by atoms with van der Waals surface area (Å²) in [5.41, 5.74) is 0.902. The van der Waals surface area contributed by atoms with Crippen LogP contribution in [0.4, 0.5) is 11.6 Å². The summed E-state index contributed by atoms with van der Waals surface area (Å²) in [6.45, 7) is 0. The fourth-order valence-electron chi connectivity index (χ4n) is 1.79. The molecular weight excluding hydrogens is 397 g/mol. The molecule has 0 fully saturated rings. The van der Waals surface area contributed by atoms with Crippen LogP contribution in [0.15, 0.2) is 63.6 Å². The Balaban J connectivity index is 1.52. The Bertz CT molecular complexity index is 677. The number of hydrogen-bond acceptors (Lipinski definition) is 3. The van der Waals surface area contributed by atoms with Gasteiger partial charge in [0.15, 0.2) is 0 Å². The monoisotopic (exact) mass is 410 g/mol. The van der Waals surface area contributed by atoms with Crippen LogP contribution in [-0.4, -0.2) is 0 Å². The third kappa shape index (κ3) is 4.31. The lowest BCUT2D eigenvalue weighted by Crippen LogP contribution is -1.86. The number of furan rings is 2. The molecule has 5 heteroatoms. The second kappa shape index (κ2) is 7.09. The van der Waals surface area contributed by atoms with Gasteiger partial charge in [-0.25, -0.2) is 5.32 Å². The normalized spacial score (nSPS) is 10.7. The summed E-state index contributed by atoms with van der Waals surface area (Å²) in [7, 11) is 0. The van der Waals surface area contributed by atoms with E-state index in [1.165, 1.54) is 3.57 Å². The Morgan fingerprint density at radius 1 is 0.952 bits per heavy atom. The molecule has 0 atom stereocenters. The summed E-state index contributed by atoms with van der Waals surface area (Å²) < 4.78 is 12.2. The van der Waals surface area contributed by atoms with E-state index in [0.29, 0.717) is 5.88 Å². The minimum atomic E-state index is 0.643. The predicted molar refractivity (Wildman–Crippen MR) is 93.0 cm³/mol. The van der Waals surface area contributed by atoms with Gasteiger partial charge in [0.2, 0.25) is 5.88 Å². The minimum Gasteiger partial charge on any atom is -0.468 e. The van der Waals surface area contributed by atoms with Crippen molar-refractivity contribution in [2.45, 2.75) is 11.5 Å². The molecule has 0 saturated carbocycles. The minimum absolute atomic E-state index is 0.643. The average molecular weight is 410 g/mol. The maximum Gasteiger partial charge on any atom is 0.219 e.